The van der Waals surface area contributed by atoms with Crippen molar-refractivity contribution in [3.8, 4) is 11.4 Å². The Hall–Kier alpha value is -4.13. The highest BCUT2D eigenvalue weighted by Crippen LogP contribution is 2.23. The minimum atomic E-state index is -0.335. The molecule has 2 aromatic carbocycles. The second kappa shape index (κ2) is 7.85. The number of carbonyl (C=O) groups is 2. The molecule has 0 saturated carbocycles. The fraction of sp³-hybridized carbons (Fsp3) is 0.0455. The van der Waals surface area contributed by atoms with Gasteiger partial charge in [-0.25, -0.2) is 4.98 Å². The number of H-pyrrole nitrogens is 1. The monoisotopic (exact) mass is 386 g/mol. The predicted molar refractivity (Wildman–Crippen MR) is 110 cm³/mol. The number of imidazole rings is 1. The lowest BCUT2D eigenvalue weighted by Crippen LogP contribution is -2.28. The molecule has 0 saturated heterocycles. The van der Waals surface area contributed by atoms with Crippen molar-refractivity contribution in [1.29, 1.82) is 0 Å². The van der Waals surface area contributed by atoms with Crippen LogP contribution >= 0.6 is 0 Å². The molecule has 4 aromatic rings. The normalized spacial score (nSPS) is 10.5. The number of furan rings is 1. The molecule has 0 spiro atoms. The van der Waals surface area contributed by atoms with Gasteiger partial charge >= 0.3 is 0 Å². The third-order valence-electron chi connectivity index (χ3n) is 4.46. The van der Waals surface area contributed by atoms with Crippen LogP contribution in [0.1, 0.15) is 20.9 Å². The lowest BCUT2D eigenvalue weighted by atomic mass is 10.1. The fourth-order valence-electron chi connectivity index (χ4n) is 2.97. The molecule has 0 aliphatic heterocycles. The number of hydrogen-bond donors (Lipinski definition) is 2. The molecule has 0 aliphatic rings. The average molecular weight is 386 g/mol. The van der Waals surface area contributed by atoms with Crippen molar-refractivity contribution in [2.75, 3.05) is 17.3 Å². The van der Waals surface area contributed by atoms with Crippen molar-refractivity contribution < 1.29 is 14.0 Å². The molecular weight excluding hydrogens is 368 g/mol. The van der Waals surface area contributed by atoms with Gasteiger partial charge in [0.2, 0.25) is 0 Å². The first-order valence-corrected chi connectivity index (χ1v) is 8.95. The average Bonchev–Trinajstić information content (AvgIpc) is 3.47. The van der Waals surface area contributed by atoms with Crippen LogP contribution in [0.15, 0.2) is 83.7 Å². The van der Waals surface area contributed by atoms with E-state index in [0.717, 1.165) is 11.4 Å². The molecule has 2 aromatic heterocycles. The molecule has 0 radical (unpaired) electrons. The standard InChI is InChI=1S/C22H18N4O3/c1-26(22(28)19-7-4-14-29-19)18-6-3-2-5-17(18)21(27)25-16-10-8-15(9-11-16)20-23-12-13-24-20/h2-14H,1H3,(H,23,24)(H,25,27). The number of nitrogens with zero attached hydrogens (tertiary/aromatic N) is 2. The summed E-state index contributed by atoms with van der Waals surface area (Å²) < 4.78 is 5.18. The third-order valence-corrected chi connectivity index (χ3v) is 4.46. The largest absolute Gasteiger partial charge is 0.459 e. The second-order valence-corrected chi connectivity index (χ2v) is 6.33. The Kier molecular flexibility index (Phi) is 4.94. The van der Waals surface area contributed by atoms with Crippen LogP contribution in [0.5, 0.6) is 0 Å². The Bertz CT molecular complexity index is 1120. The number of para-hydroxylation sites is 1. The SMILES string of the molecule is CN(C(=O)c1ccco1)c1ccccc1C(=O)Nc1ccc(-c2ncc[nH]2)cc1. The lowest BCUT2D eigenvalue weighted by Gasteiger charge is -2.19. The molecule has 0 bridgehead atoms. The zero-order valence-corrected chi connectivity index (χ0v) is 15.6. The molecule has 2 heterocycles. The van der Waals surface area contributed by atoms with Crippen molar-refractivity contribution in [2.45, 2.75) is 0 Å². The summed E-state index contributed by atoms with van der Waals surface area (Å²) in [5, 5.41) is 2.87. The van der Waals surface area contributed by atoms with Crippen LogP contribution in [0.3, 0.4) is 0 Å². The summed E-state index contributed by atoms with van der Waals surface area (Å²) in [4.78, 5) is 34.1. The molecule has 29 heavy (non-hydrogen) atoms. The Balaban J connectivity index is 1.54. The summed E-state index contributed by atoms with van der Waals surface area (Å²) in [7, 11) is 1.61. The number of carbonyl (C=O) groups excluding carboxylic acids is 2. The number of hydrogen-bond acceptors (Lipinski definition) is 4. The quantitative estimate of drug-likeness (QED) is 0.538. The van der Waals surface area contributed by atoms with Crippen molar-refractivity contribution in [1.82, 2.24) is 9.97 Å². The second-order valence-electron chi connectivity index (χ2n) is 6.33. The van der Waals surface area contributed by atoms with Crippen LogP contribution in [0.4, 0.5) is 11.4 Å². The number of amides is 2. The molecule has 7 nitrogen and oxygen atoms in total. The minimum absolute atomic E-state index is 0.205. The highest BCUT2D eigenvalue weighted by atomic mass is 16.3. The maximum Gasteiger partial charge on any atom is 0.293 e. The van der Waals surface area contributed by atoms with Crippen LogP contribution < -0.4 is 10.2 Å². The zero-order valence-electron chi connectivity index (χ0n) is 15.6. The van der Waals surface area contributed by atoms with Crippen molar-refractivity contribution >= 4 is 23.2 Å². The molecule has 0 atom stereocenters. The summed E-state index contributed by atoms with van der Waals surface area (Å²) in [6.45, 7) is 0. The fourth-order valence-corrected chi connectivity index (χ4v) is 2.97. The first-order chi connectivity index (χ1) is 14.1. The van der Waals surface area contributed by atoms with Gasteiger partial charge in [-0.3, -0.25) is 9.59 Å². The van der Waals surface area contributed by atoms with Crippen molar-refractivity contribution in [2.24, 2.45) is 0 Å². The predicted octanol–water partition coefficient (Wildman–Crippen LogP) is 4.20. The van der Waals surface area contributed by atoms with Crippen molar-refractivity contribution in [3.05, 3.63) is 90.6 Å². The maximum atomic E-state index is 12.9. The van der Waals surface area contributed by atoms with Gasteiger partial charge in [0.1, 0.15) is 5.82 Å². The highest BCUT2D eigenvalue weighted by molar-refractivity contribution is 6.12. The van der Waals surface area contributed by atoms with Crippen LogP contribution in [-0.4, -0.2) is 28.8 Å². The number of rotatable bonds is 5. The van der Waals surface area contributed by atoms with Gasteiger partial charge < -0.3 is 19.6 Å². The van der Waals surface area contributed by atoms with Gasteiger partial charge in [0.15, 0.2) is 5.76 Å². The minimum Gasteiger partial charge on any atom is -0.459 e. The molecule has 2 N–H and O–H groups in total. The third kappa shape index (κ3) is 3.79. The van der Waals surface area contributed by atoms with Crippen LogP contribution in [0.25, 0.3) is 11.4 Å². The lowest BCUT2D eigenvalue weighted by molar-refractivity contribution is 0.0966. The van der Waals surface area contributed by atoms with Gasteiger partial charge in [-0.05, 0) is 48.5 Å². The van der Waals surface area contributed by atoms with E-state index in [0.29, 0.717) is 16.9 Å². The molecule has 2 amide bonds. The van der Waals surface area contributed by atoms with Gasteiger partial charge in [0, 0.05) is 30.7 Å². The van der Waals surface area contributed by atoms with E-state index in [-0.39, 0.29) is 17.6 Å². The van der Waals surface area contributed by atoms with E-state index < -0.39 is 0 Å². The van der Waals surface area contributed by atoms with Crippen molar-refractivity contribution in [3.63, 3.8) is 0 Å². The Morgan fingerprint density at radius 3 is 2.52 bits per heavy atom. The Labute approximate surface area is 167 Å². The first kappa shape index (κ1) is 18.2. The maximum absolute atomic E-state index is 12.9. The van der Waals surface area contributed by atoms with E-state index in [2.05, 4.69) is 15.3 Å². The van der Waals surface area contributed by atoms with Gasteiger partial charge in [-0.15, -0.1) is 0 Å². The Morgan fingerprint density at radius 2 is 1.83 bits per heavy atom. The molecule has 4 rings (SSSR count). The first-order valence-electron chi connectivity index (χ1n) is 8.95. The van der Waals surface area contributed by atoms with Crippen LogP contribution in [0, 0.1) is 0 Å². The number of anilines is 2. The zero-order chi connectivity index (χ0) is 20.2. The van der Waals surface area contributed by atoms with E-state index >= 15 is 0 Å². The van der Waals surface area contributed by atoms with Gasteiger partial charge in [0.05, 0.1) is 17.5 Å². The smallest absolute Gasteiger partial charge is 0.293 e. The molecule has 7 heteroatoms. The molecule has 0 aliphatic carbocycles. The van der Waals surface area contributed by atoms with Gasteiger partial charge in [-0.2, -0.15) is 0 Å². The summed E-state index contributed by atoms with van der Waals surface area (Å²) in [5.41, 5.74) is 2.42. The topological polar surface area (TPSA) is 91.2 Å². The number of benzene rings is 2. The molecular formula is C22H18N4O3. The van der Waals surface area contributed by atoms with E-state index in [4.69, 9.17) is 4.42 Å². The summed E-state index contributed by atoms with van der Waals surface area (Å²) in [6.07, 6.45) is 4.87. The summed E-state index contributed by atoms with van der Waals surface area (Å²) >= 11 is 0. The van der Waals surface area contributed by atoms with E-state index in [1.54, 1.807) is 68.0 Å². The number of aromatic amines is 1. The Morgan fingerprint density at radius 1 is 1.03 bits per heavy atom. The van der Waals surface area contributed by atoms with Gasteiger partial charge in [-0.1, -0.05) is 12.1 Å². The highest BCUT2D eigenvalue weighted by Gasteiger charge is 2.21. The van der Waals surface area contributed by atoms with Gasteiger partial charge in [0.25, 0.3) is 11.8 Å². The molecule has 0 unspecified atom stereocenters. The number of aromatic nitrogens is 2. The number of nitrogens with one attached hydrogen (secondary N) is 2. The summed E-state index contributed by atoms with van der Waals surface area (Å²) in [5.74, 6) is 0.311. The molecule has 0 fully saturated rings. The van der Waals surface area contributed by atoms with Crippen LogP contribution in [0.2, 0.25) is 0 Å². The van der Waals surface area contributed by atoms with E-state index in [1.807, 2.05) is 12.1 Å². The summed E-state index contributed by atoms with van der Waals surface area (Å²) in [6, 6.07) is 17.5. The molecule has 144 valence electrons. The van der Waals surface area contributed by atoms with E-state index in [1.165, 1.54) is 11.2 Å². The van der Waals surface area contributed by atoms with E-state index in [9.17, 15) is 9.59 Å². The van der Waals surface area contributed by atoms with Crippen LogP contribution in [-0.2, 0) is 0 Å².